The number of hydrogen-bond acceptors (Lipinski definition) is 5. The van der Waals surface area contributed by atoms with E-state index in [0.29, 0.717) is 30.0 Å². The molecule has 0 spiro atoms. The normalized spacial score (nSPS) is 16.4. The molecule has 0 N–H and O–H groups in total. The van der Waals surface area contributed by atoms with Crippen LogP contribution >= 0.6 is 0 Å². The van der Waals surface area contributed by atoms with Crippen molar-refractivity contribution >= 4 is 11.9 Å². The summed E-state index contributed by atoms with van der Waals surface area (Å²) in [4.78, 5) is 26.4. The maximum atomic E-state index is 13.6. The third-order valence-corrected chi connectivity index (χ3v) is 4.78. The van der Waals surface area contributed by atoms with Gasteiger partial charge in [0, 0.05) is 12.1 Å². The fourth-order valence-electron chi connectivity index (χ4n) is 3.31. The first-order valence-corrected chi connectivity index (χ1v) is 9.38. The van der Waals surface area contributed by atoms with Crippen LogP contribution in [-0.2, 0) is 15.7 Å². The lowest BCUT2D eigenvalue weighted by Gasteiger charge is -2.42. The maximum Gasteiger partial charge on any atom is 0.434 e. The van der Waals surface area contributed by atoms with Gasteiger partial charge in [0.1, 0.15) is 5.56 Å². The van der Waals surface area contributed by atoms with Crippen molar-refractivity contribution in [3.63, 3.8) is 0 Å². The summed E-state index contributed by atoms with van der Waals surface area (Å²) in [7, 11) is 0. The van der Waals surface area contributed by atoms with Crippen molar-refractivity contribution in [2.24, 2.45) is 0 Å². The smallest absolute Gasteiger partial charge is 0.434 e. The van der Waals surface area contributed by atoms with E-state index in [-0.39, 0.29) is 18.2 Å². The number of ether oxygens (including phenoxy) is 2. The largest absolute Gasteiger partial charge is 0.462 e. The summed E-state index contributed by atoms with van der Waals surface area (Å²) < 4.78 is 51.6. The first-order chi connectivity index (χ1) is 14.1. The van der Waals surface area contributed by atoms with E-state index in [4.69, 9.17) is 9.47 Å². The standard InChI is InChI=1S/C20H22F3N3O4/c1-4-30-18(28)15-11-24-26(16(15)20(21,22)23)14-7-5-13(6-8-14)17(27)25-9-10-29-12-19(25,2)3/h5-8,11H,4,9-10,12H2,1-3H3. The molecule has 1 amide bonds. The Kier molecular flexibility index (Phi) is 5.89. The molecule has 10 heteroatoms. The van der Waals surface area contributed by atoms with E-state index in [2.05, 4.69) is 5.10 Å². The third kappa shape index (κ3) is 4.18. The highest BCUT2D eigenvalue weighted by Gasteiger charge is 2.41. The Balaban J connectivity index is 1.93. The SMILES string of the molecule is CCOC(=O)c1cnn(-c2ccc(C(=O)N3CCOCC3(C)C)cc2)c1C(F)(F)F. The molecule has 2 heterocycles. The number of halogens is 3. The van der Waals surface area contributed by atoms with E-state index in [1.165, 1.54) is 31.2 Å². The lowest BCUT2D eigenvalue weighted by molar-refractivity contribution is -0.143. The molecule has 2 aromatic rings. The minimum Gasteiger partial charge on any atom is -0.462 e. The first-order valence-electron chi connectivity index (χ1n) is 9.38. The van der Waals surface area contributed by atoms with Gasteiger partial charge in [-0.05, 0) is 45.0 Å². The van der Waals surface area contributed by atoms with Crippen molar-refractivity contribution in [1.29, 1.82) is 0 Å². The van der Waals surface area contributed by atoms with E-state index < -0.39 is 28.9 Å². The Hall–Kier alpha value is -2.88. The van der Waals surface area contributed by atoms with Crippen LogP contribution < -0.4 is 0 Å². The topological polar surface area (TPSA) is 73.7 Å². The highest BCUT2D eigenvalue weighted by Crippen LogP contribution is 2.34. The van der Waals surface area contributed by atoms with Gasteiger partial charge < -0.3 is 14.4 Å². The lowest BCUT2D eigenvalue weighted by atomic mass is 10.0. The zero-order valence-electron chi connectivity index (χ0n) is 16.8. The zero-order valence-corrected chi connectivity index (χ0v) is 16.8. The van der Waals surface area contributed by atoms with E-state index in [9.17, 15) is 22.8 Å². The molecule has 1 aromatic carbocycles. The van der Waals surface area contributed by atoms with E-state index >= 15 is 0 Å². The van der Waals surface area contributed by atoms with Gasteiger partial charge in [0.15, 0.2) is 5.69 Å². The van der Waals surface area contributed by atoms with Gasteiger partial charge in [-0.1, -0.05) is 0 Å². The van der Waals surface area contributed by atoms with Gasteiger partial charge in [-0.25, -0.2) is 9.48 Å². The number of esters is 1. The molecular formula is C20H22F3N3O4. The van der Waals surface area contributed by atoms with Crippen molar-refractivity contribution in [2.45, 2.75) is 32.5 Å². The highest BCUT2D eigenvalue weighted by atomic mass is 19.4. The Morgan fingerprint density at radius 1 is 1.23 bits per heavy atom. The molecule has 0 radical (unpaired) electrons. The predicted molar refractivity (Wildman–Crippen MR) is 100 cm³/mol. The zero-order chi connectivity index (χ0) is 22.1. The van der Waals surface area contributed by atoms with E-state index in [1.807, 2.05) is 13.8 Å². The average molecular weight is 425 g/mol. The Morgan fingerprint density at radius 2 is 1.90 bits per heavy atom. The number of benzene rings is 1. The third-order valence-electron chi connectivity index (χ3n) is 4.78. The second kappa shape index (κ2) is 8.10. The fraction of sp³-hybridized carbons (Fsp3) is 0.450. The number of alkyl halides is 3. The monoisotopic (exact) mass is 425 g/mol. The van der Waals surface area contributed by atoms with Crippen molar-refractivity contribution in [3.8, 4) is 5.69 Å². The summed E-state index contributed by atoms with van der Waals surface area (Å²) in [6, 6.07) is 5.60. The van der Waals surface area contributed by atoms with Gasteiger partial charge in [-0.2, -0.15) is 18.3 Å². The number of carbonyl (C=O) groups excluding carboxylic acids is 2. The fourth-order valence-corrected chi connectivity index (χ4v) is 3.31. The molecule has 1 aliphatic heterocycles. The molecule has 162 valence electrons. The number of amides is 1. The van der Waals surface area contributed by atoms with Gasteiger partial charge in [-0.15, -0.1) is 0 Å². The van der Waals surface area contributed by atoms with Crippen LogP contribution in [0.2, 0.25) is 0 Å². The molecule has 3 rings (SSSR count). The van der Waals surface area contributed by atoms with E-state index in [0.717, 1.165) is 6.20 Å². The van der Waals surface area contributed by atoms with Crippen LogP contribution in [-0.4, -0.2) is 58.5 Å². The van der Waals surface area contributed by atoms with Crippen molar-refractivity contribution in [1.82, 2.24) is 14.7 Å². The minimum atomic E-state index is -4.83. The summed E-state index contributed by atoms with van der Waals surface area (Å²) in [5, 5.41) is 3.73. The van der Waals surface area contributed by atoms with Crippen LogP contribution in [0.4, 0.5) is 13.2 Å². The molecule has 0 unspecified atom stereocenters. The molecule has 1 fully saturated rings. The van der Waals surface area contributed by atoms with Crippen LogP contribution in [0, 0.1) is 0 Å². The summed E-state index contributed by atoms with van der Waals surface area (Å²) in [6.45, 7) is 6.45. The second-order valence-electron chi connectivity index (χ2n) is 7.41. The Bertz CT molecular complexity index is 936. The Morgan fingerprint density at radius 3 is 2.47 bits per heavy atom. The summed E-state index contributed by atoms with van der Waals surface area (Å²) in [6.07, 6.45) is -4.00. The van der Waals surface area contributed by atoms with Crippen LogP contribution in [0.3, 0.4) is 0 Å². The molecule has 7 nitrogen and oxygen atoms in total. The van der Waals surface area contributed by atoms with Crippen molar-refractivity contribution in [2.75, 3.05) is 26.4 Å². The van der Waals surface area contributed by atoms with Gasteiger partial charge in [0.25, 0.3) is 5.91 Å². The summed E-state index contributed by atoms with van der Waals surface area (Å²) in [5.74, 6) is -1.34. The molecule has 0 aliphatic carbocycles. The molecule has 30 heavy (non-hydrogen) atoms. The van der Waals surface area contributed by atoms with Crippen LogP contribution in [0.15, 0.2) is 30.5 Å². The van der Waals surface area contributed by atoms with Gasteiger partial charge in [0.2, 0.25) is 0 Å². The lowest BCUT2D eigenvalue weighted by Crippen LogP contribution is -2.55. The molecule has 1 saturated heterocycles. The number of carbonyl (C=O) groups is 2. The van der Waals surface area contributed by atoms with Gasteiger partial charge in [-0.3, -0.25) is 4.79 Å². The highest BCUT2D eigenvalue weighted by molar-refractivity contribution is 5.95. The molecule has 0 bridgehead atoms. The summed E-state index contributed by atoms with van der Waals surface area (Å²) >= 11 is 0. The molecule has 1 aromatic heterocycles. The molecular weight excluding hydrogens is 403 g/mol. The number of aromatic nitrogens is 2. The van der Waals surface area contributed by atoms with Crippen LogP contribution in [0.1, 0.15) is 47.2 Å². The number of hydrogen-bond donors (Lipinski definition) is 0. The molecule has 0 saturated carbocycles. The van der Waals surface area contributed by atoms with Gasteiger partial charge in [0.05, 0.1) is 37.2 Å². The minimum absolute atomic E-state index is 0.0595. The van der Waals surface area contributed by atoms with Crippen LogP contribution in [0.5, 0.6) is 0 Å². The Labute approximate surface area is 171 Å². The molecule has 1 aliphatic rings. The van der Waals surface area contributed by atoms with Gasteiger partial charge >= 0.3 is 12.1 Å². The second-order valence-corrected chi connectivity index (χ2v) is 7.41. The molecule has 0 atom stereocenters. The summed E-state index contributed by atoms with van der Waals surface area (Å²) in [5.41, 5.74) is -1.99. The number of morpholine rings is 1. The first kappa shape index (κ1) is 21.8. The van der Waals surface area contributed by atoms with Crippen molar-refractivity contribution < 1.29 is 32.2 Å². The number of nitrogens with zero attached hydrogens (tertiary/aromatic N) is 3. The quantitative estimate of drug-likeness (QED) is 0.703. The average Bonchev–Trinajstić information content (AvgIpc) is 3.13. The predicted octanol–water partition coefficient (Wildman–Crippen LogP) is 3.32. The maximum absolute atomic E-state index is 13.6. The van der Waals surface area contributed by atoms with E-state index in [1.54, 1.807) is 4.90 Å². The van der Waals surface area contributed by atoms with Crippen molar-refractivity contribution in [3.05, 3.63) is 47.3 Å². The number of rotatable bonds is 4. The van der Waals surface area contributed by atoms with Crippen LogP contribution in [0.25, 0.3) is 5.69 Å².